The van der Waals surface area contributed by atoms with Crippen molar-refractivity contribution in [3.05, 3.63) is 0 Å². The van der Waals surface area contributed by atoms with Gasteiger partial charge in [0.15, 0.2) is 0 Å². The molecule has 1 saturated carbocycles. The smallest absolute Gasteiger partial charge is 0.223 e. The lowest BCUT2D eigenvalue weighted by Crippen LogP contribution is -2.34. The van der Waals surface area contributed by atoms with Crippen LogP contribution in [-0.2, 0) is 4.79 Å². The van der Waals surface area contributed by atoms with E-state index in [4.69, 9.17) is 0 Å². The van der Waals surface area contributed by atoms with Crippen LogP contribution in [-0.4, -0.2) is 38.0 Å². The van der Waals surface area contributed by atoms with Crippen molar-refractivity contribution >= 4 is 5.91 Å². The van der Waals surface area contributed by atoms with E-state index in [2.05, 4.69) is 17.1 Å². The summed E-state index contributed by atoms with van der Waals surface area (Å²) in [4.78, 5) is 13.7. The van der Waals surface area contributed by atoms with Gasteiger partial charge in [0.05, 0.1) is 0 Å². The number of hydrogen-bond donors (Lipinski definition) is 1. The molecular weight excluding hydrogens is 176 g/mol. The van der Waals surface area contributed by atoms with E-state index in [1.54, 1.807) is 0 Å². The second-order valence-electron chi connectivity index (χ2n) is 4.71. The van der Waals surface area contributed by atoms with E-state index in [-0.39, 0.29) is 11.8 Å². The SMILES string of the molecule is C[C@@H]1CC[C@H](C(=O)NCCN(C)C)C1. The number of carbonyl (C=O) groups is 1. The van der Waals surface area contributed by atoms with Gasteiger partial charge in [-0.25, -0.2) is 0 Å². The van der Waals surface area contributed by atoms with E-state index in [1.807, 2.05) is 14.1 Å². The summed E-state index contributed by atoms with van der Waals surface area (Å²) >= 11 is 0. The molecule has 0 heterocycles. The number of nitrogens with one attached hydrogen (secondary N) is 1. The molecule has 1 aliphatic rings. The fourth-order valence-corrected chi connectivity index (χ4v) is 1.99. The maximum absolute atomic E-state index is 11.6. The zero-order chi connectivity index (χ0) is 10.6. The first-order chi connectivity index (χ1) is 6.59. The summed E-state index contributed by atoms with van der Waals surface area (Å²) in [7, 11) is 4.04. The standard InChI is InChI=1S/C11H22N2O/c1-9-4-5-10(8-9)11(14)12-6-7-13(2)3/h9-10H,4-8H2,1-3H3,(H,12,14)/t9-,10+/m1/s1. The molecule has 0 aliphatic heterocycles. The van der Waals surface area contributed by atoms with Crippen molar-refractivity contribution in [2.24, 2.45) is 11.8 Å². The second-order valence-corrected chi connectivity index (χ2v) is 4.71. The summed E-state index contributed by atoms with van der Waals surface area (Å²) < 4.78 is 0. The Hall–Kier alpha value is -0.570. The van der Waals surface area contributed by atoms with Crippen LogP contribution in [0.3, 0.4) is 0 Å². The Labute approximate surface area is 86.9 Å². The summed E-state index contributed by atoms with van der Waals surface area (Å²) in [6.45, 7) is 3.93. The Morgan fingerprint density at radius 1 is 1.43 bits per heavy atom. The number of amides is 1. The van der Waals surface area contributed by atoms with Crippen LogP contribution in [0.2, 0.25) is 0 Å². The van der Waals surface area contributed by atoms with Gasteiger partial charge in [-0.15, -0.1) is 0 Å². The Morgan fingerprint density at radius 3 is 2.64 bits per heavy atom. The van der Waals surface area contributed by atoms with Crippen molar-refractivity contribution in [1.29, 1.82) is 0 Å². The lowest BCUT2D eigenvalue weighted by atomic mass is 10.1. The van der Waals surface area contributed by atoms with Gasteiger partial charge in [0, 0.05) is 19.0 Å². The first kappa shape index (κ1) is 11.5. The lowest BCUT2D eigenvalue weighted by Gasteiger charge is -2.13. The Balaban J connectivity index is 2.15. The topological polar surface area (TPSA) is 32.3 Å². The number of carbonyl (C=O) groups excluding carboxylic acids is 1. The van der Waals surface area contributed by atoms with Crippen LogP contribution in [0.15, 0.2) is 0 Å². The number of rotatable bonds is 4. The molecular formula is C11H22N2O. The molecule has 2 atom stereocenters. The minimum atomic E-state index is 0.260. The fraction of sp³-hybridized carbons (Fsp3) is 0.909. The zero-order valence-corrected chi connectivity index (χ0v) is 9.55. The van der Waals surface area contributed by atoms with Crippen LogP contribution >= 0.6 is 0 Å². The molecule has 3 heteroatoms. The van der Waals surface area contributed by atoms with Gasteiger partial charge in [-0.3, -0.25) is 4.79 Å². The van der Waals surface area contributed by atoms with Crippen LogP contribution in [0.25, 0.3) is 0 Å². The second kappa shape index (κ2) is 5.35. The zero-order valence-electron chi connectivity index (χ0n) is 9.55. The number of hydrogen-bond acceptors (Lipinski definition) is 2. The summed E-state index contributed by atoms with van der Waals surface area (Å²) in [5.74, 6) is 1.28. The molecule has 0 saturated heterocycles. The minimum Gasteiger partial charge on any atom is -0.355 e. The maximum atomic E-state index is 11.6. The molecule has 0 aromatic rings. The Kier molecular flexibility index (Phi) is 4.39. The van der Waals surface area contributed by atoms with Crippen LogP contribution in [0.1, 0.15) is 26.2 Å². The highest BCUT2D eigenvalue weighted by atomic mass is 16.1. The average molecular weight is 198 g/mol. The molecule has 0 unspecified atom stereocenters. The third-order valence-corrected chi connectivity index (χ3v) is 2.92. The molecule has 0 radical (unpaired) electrons. The lowest BCUT2D eigenvalue weighted by molar-refractivity contribution is -0.124. The van der Waals surface area contributed by atoms with Crippen LogP contribution < -0.4 is 5.32 Å². The van der Waals surface area contributed by atoms with Gasteiger partial charge in [-0.2, -0.15) is 0 Å². The van der Waals surface area contributed by atoms with E-state index < -0.39 is 0 Å². The molecule has 0 aromatic carbocycles. The molecule has 0 spiro atoms. The molecule has 0 aromatic heterocycles. The average Bonchev–Trinajstić information content (AvgIpc) is 2.51. The van der Waals surface area contributed by atoms with Gasteiger partial charge >= 0.3 is 0 Å². The van der Waals surface area contributed by atoms with Gasteiger partial charge in [-0.1, -0.05) is 6.92 Å². The molecule has 1 amide bonds. The van der Waals surface area contributed by atoms with Gasteiger partial charge in [-0.05, 0) is 39.3 Å². The Bertz CT molecular complexity index is 192. The number of nitrogens with zero attached hydrogens (tertiary/aromatic N) is 1. The summed E-state index contributed by atoms with van der Waals surface area (Å²) in [5, 5.41) is 3.00. The highest BCUT2D eigenvalue weighted by molar-refractivity contribution is 5.78. The van der Waals surface area contributed by atoms with Crippen molar-refractivity contribution in [3.8, 4) is 0 Å². The molecule has 0 bridgehead atoms. The van der Waals surface area contributed by atoms with E-state index in [0.717, 1.165) is 31.8 Å². The molecule has 14 heavy (non-hydrogen) atoms. The van der Waals surface area contributed by atoms with Gasteiger partial charge < -0.3 is 10.2 Å². The third kappa shape index (κ3) is 3.66. The first-order valence-corrected chi connectivity index (χ1v) is 5.52. The molecule has 1 fully saturated rings. The molecule has 3 nitrogen and oxygen atoms in total. The molecule has 1 aliphatic carbocycles. The van der Waals surface area contributed by atoms with Crippen LogP contribution in [0, 0.1) is 11.8 Å². The summed E-state index contributed by atoms with van der Waals surface area (Å²) in [5.41, 5.74) is 0. The van der Waals surface area contributed by atoms with Crippen LogP contribution in [0.5, 0.6) is 0 Å². The van der Waals surface area contributed by atoms with E-state index >= 15 is 0 Å². The predicted octanol–water partition coefficient (Wildman–Crippen LogP) is 1.10. The van der Waals surface area contributed by atoms with E-state index in [1.165, 1.54) is 6.42 Å². The van der Waals surface area contributed by atoms with Gasteiger partial charge in [0.1, 0.15) is 0 Å². The summed E-state index contributed by atoms with van der Waals surface area (Å²) in [6.07, 6.45) is 3.37. The van der Waals surface area contributed by atoms with Crippen molar-refractivity contribution in [2.45, 2.75) is 26.2 Å². The van der Waals surface area contributed by atoms with Crippen molar-refractivity contribution in [3.63, 3.8) is 0 Å². The summed E-state index contributed by atoms with van der Waals surface area (Å²) in [6, 6.07) is 0. The normalized spacial score (nSPS) is 26.9. The minimum absolute atomic E-state index is 0.260. The monoisotopic (exact) mass is 198 g/mol. The maximum Gasteiger partial charge on any atom is 0.223 e. The Morgan fingerprint density at radius 2 is 2.14 bits per heavy atom. The van der Waals surface area contributed by atoms with Crippen molar-refractivity contribution < 1.29 is 4.79 Å². The van der Waals surface area contributed by atoms with Gasteiger partial charge in [0.25, 0.3) is 0 Å². The van der Waals surface area contributed by atoms with Crippen molar-refractivity contribution in [2.75, 3.05) is 27.2 Å². The molecule has 82 valence electrons. The third-order valence-electron chi connectivity index (χ3n) is 2.92. The number of likely N-dealkylation sites (N-methyl/N-ethyl adjacent to an activating group) is 1. The van der Waals surface area contributed by atoms with E-state index in [9.17, 15) is 4.79 Å². The molecule has 1 N–H and O–H groups in total. The van der Waals surface area contributed by atoms with Gasteiger partial charge in [0.2, 0.25) is 5.91 Å². The molecule has 1 rings (SSSR count). The largest absolute Gasteiger partial charge is 0.355 e. The highest BCUT2D eigenvalue weighted by Gasteiger charge is 2.26. The predicted molar refractivity (Wildman–Crippen MR) is 58.1 cm³/mol. The highest BCUT2D eigenvalue weighted by Crippen LogP contribution is 2.30. The first-order valence-electron chi connectivity index (χ1n) is 5.52. The quantitative estimate of drug-likeness (QED) is 0.733. The fourth-order valence-electron chi connectivity index (χ4n) is 1.99. The van der Waals surface area contributed by atoms with E-state index in [0.29, 0.717) is 0 Å². The van der Waals surface area contributed by atoms with Crippen LogP contribution in [0.4, 0.5) is 0 Å². The van der Waals surface area contributed by atoms with Crippen molar-refractivity contribution in [1.82, 2.24) is 10.2 Å².